The molecule has 5 rings (SSSR count). The van der Waals surface area contributed by atoms with Gasteiger partial charge in [-0.3, -0.25) is 15.1 Å². The molecule has 0 fully saturated rings. The summed E-state index contributed by atoms with van der Waals surface area (Å²) in [5.74, 6) is -0.142. The fraction of sp³-hybridized carbons (Fsp3) is 0.172. The summed E-state index contributed by atoms with van der Waals surface area (Å²) in [4.78, 5) is 15.2. The SMILES string of the molecule is Cc1ccc(C(O)=C2C(=N)N(c3ccccc3)C3=C(C(=O)CCC3)[C@H]2c2ccccc2)cc1. The van der Waals surface area contributed by atoms with Gasteiger partial charge in [0, 0.05) is 40.4 Å². The molecule has 0 unspecified atom stereocenters. The smallest absolute Gasteiger partial charge is 0.161 e. The minimum Gasteiger partial charge on any atom is -0.507 e. The van der Waals surface area contributed by atoms with Gasteiger partial charge in [0.1, 0.15) is 11.6 Å². The molecule has 0 radical (unpaired) electrons. The highest BCUT2D eigenvalue weighted by Gasteiger charge is 2.43. The number of ketones is 1. The van der Waals surface area contributed by atoms with Crippen molar-refractivity contribution in [3.63, 3.8) is 0 Å². The number of amidine groups is 1. The highest BCUT2D eigenvalue weighted by molar-refractivity contribution is 6.19. The van der Waals surface area contributed by atoms with Crippen LogP contribution in [-0.4, -0.2) is 16.7 Å². The number of hydrogen-bond acceptors (Lipinski definition) is 3. The first-order chi connectivity index (χ1) is 16.1. The molecule has 0 bridgehead atoms. The van der Waals surface area contributed by atoms with Crippen LogP contribution in [0.4, 0.5) is 5.69 Å². The number of carbonyl (C=O) groups is 1. The van der Waals surface area contributed by atoms with Gasteiger partial charge in [-0.05, 0) is 37.5 Å². The Morgan fingerprint density at radius 1 is 0.909 bits per heavy atom. The molecule has 0 saturated carbocycles. The first-order valence-corrected chi connectivity index (χ1v) is 11.3. The highest BCUT2D eigenvalue weighted by atomic mass is 16.3. The third-order valence-electron chi connectivity index (χ3n) is 6.48. The largest absolute Gasteiger partial charge is 0.507 e. The van der Waals surface area contributed by atoms with Crippen molar-refractivity contribution in [2.45, 2.75) is 32.1 Å². The number of allylic oxidation sites excluding steroid dienone is 2. The lowest BCUT2D eigenvalue weighted by Crippen LogP contribution is -2.42. The second kappa shape index (κ2) is 8.55. The average Bonchev–Trinajstić information content (AvgIpc) is 2.84. The van der Waals surface area contributed by atoms with E-state index in [9.17, 15) is 15.3 Å². The number of aliphatic hydroxyl groups excluding tert-OH is 1. The van der Waals surface area contributed by atoms with Gasteiger partial charge in [0.25, 0.3) is 0 Å². The summed E-state index contributed by atoms with van der Waals surface area (Å²) in [5, 5.41) is 20.9. The van der Waals surface area contributed by atoms with Crippen molar-refractivity contribution in [1.82, 2.24) is 0 Å². The maximum Gasteiger partial charge on any atom is 0.161 e. The van der Waals surface area contributed by atoms with E-state index in [1.54, 1.807) is 0 Å². The lowest BCUT2D eigenvalue weighted by atomic mass is 9.73. The summed E-state index contributed by atoms with van der Waals surface area (Å²) in [5.41, 5.74) is 5.49. The second-order valence-corrected chi connectivity index (χ2v) is 8.63. The summed E-state index contributed by atoms with van der Waals surface area (Å²) in [6.45, 7) is 2.00. The molecule has 2 aliphatic rings. The van der Waals surface area contributed by atoms with E-state index in [1.165, 1.54) is 0 Å². The topological polar surface area (TPSA) is 64.4 Å². The van der Waals surface area contributed by atoms with E-state index in [0.717, 1.165) is 35.4 Å². The van der Waals surface area contributed by atoms with Gasteiger partial charge in [-0.25, -0.2) is 0 Å². The van der Waals surface area contributed by atoms with Crippen molar-refractivity contribution in [2.24, 2.45) is 0 Å². The van der Waals surface area contributed by atoms with Crippen LogP contribution in [0.25, 0.3) is 5.76 Å². The number of Topliss-reactive ketones (excluding diaryl/α,β-unsaturated/α-hetero) is 1. The van der Waals surface area contributed by atoms with E-state index >= 15 is 0 Å². The summed E-state index contributed by atoms with van der Waals surface area (Å²) < 4.78 is 0. The van der Waals surface area contributed by atoms with E-state index in [4.69, 9.17) is 0 Å². The van der Waals surface area contributed by atoms with Crippen LogP contribution in [0.1, 0.15) is 41.9 Å². The number of benzene rings is 3. The minimum absolute atomic E-state index is 0.0414. The minimum atomic E-state index is -0.484. The Labute approximate surface area is 194 Å². The Hall–Kier alpha value is -3.92. The van der Waals surface area contributed by atoms with Gasteiger partial charge in [-0.15, -0.1) is 0 Å². The van der Waals surface area contributed by atoms with Gasteiger partial charge >= 0.3 is 0 Å². The van der Waals surface area contributed by atoms with E-state index in [-0.39, 0.29) is 17.4 Å². The Balaban J connectivity index is 1.82. The van der Waals surface area contributed by atoms with Crippen molar-refractivity contribution in [3.8, 4) is 0 Å². The zero-order valence-corrected chi connectivity index (χ0v) is 18.6. The van der Waals surface area contributed by atoms with Crippen molar-refractivity contribution in [2.75, 3.05) is 4.90 Å². The Morgan fingerprint density at radius 2 is 1.55 bits per heavy atom. The average molecular weight is 435 g/mol. The monoisotopic (exact) mass is 434 g/mol. The zero-order valence-electron chi connectivity index (χ0n) is 18.6. The van der Waals surface area contributed by atoms with Crippen LogP contribution in [0.5, 0.6) is 0 Å². The van der Waals surface area contributed by atoms with Crippen LogP contribution in [0, 0.1) is 12.3 Å². The Kier molecular flexibility index (Phi) is 5.43. The predicted octanol–water partition coefficient (Wildman–Crippen LogP) is 6.55. The molecule has 3 aromatic rings. The molecule has 1 atom stereocenters. The lowest BCUT2D eigenvalue weighted by molar-refractivity contribution is -0.116. The molecule has 4 heteroatoms. The van der Waals surface area contributed by atoms with Gasteiger partial charge in [0.15, 0.2) is 5.78 Å². The molecule has 0 saturated heterocycles. The van der Waals surface area contributed by atoms with Gasteiger partial charge in [0.2, 0.25) is 0 Å². The molecule has 1 aliphatic carbocycles. The van der Waals surface area contributed by atoms with E-state index < -0.39 is 5.92 Å². The third-order valence-corrected chi connectivity index (χ3v) is 6.48. The van der Waals surface area contributed by atoms with Crippen LogP contribution in [-0.2, 0) is 4.79 Å². The number of nitrogens with one attached hydrogen (secondary N) is 1. The molecular weight excluding hydrogens is 408 g/mol. The van der Waals surface area contributed by atoms with Gasteiger partial charge < -0.3 is 5.11 Å². The summed E-state index contributed by atoms with van der Waals surface area (Å²) in [6.07, 6.45) is 1.97. The van der Waals surface area contributed by atoms with E-state index in [2.05, 4.69) is 0 Å². The summed E-state index contributed by atoms with van der Waals surface area (Å²) in [7, 11) is 0. The van der Waals surface area contributed by atoms with Crippen LogP contribution < -0.4 is 4.90 Å². The number of hydrogen-bond donors (Lipinski definition) is 2. The van der Waals surface area contributed by atoms with Gasteiger partial charge in [0.05, 0.1) is 0 Å². The van der Waals surface area contributed by atoms with Crippen LogP contribution in [0.3, 0.4) is 0 Å². The number of aliphatic hydroxyl groups is 1. The highest BCUT2D eigenvalue weighted by Crippen LogP contribution is 2.47. The zero-order chi connectivity index (χ0) is 22.9. The number of aryl methyl sites for hydroxylation is 1. The van der Waals surface area contributed by atoms with Crippen molar-refractivity contribution in [3.05, 3.63) is 118 Å². The fourth-order valence-electron chi connectivity index (χ4n) is 4.90. The molecule has 1 heterocycles. The first kappa shape index (κ1) is 21.0. The van der Waals surface area contributed by atoms with Crippen molar-refractivity contribution >= 4 is 23.1 Å². The Morgan fingerprint density at radius 3 is 2.21 bits per heavy atom. The fourth-order valence-corrected chi connectivity index (χ4v) is 4.90. The first-order valence-electron chi connectivity index (χ1n) is 11.3. The standard InChI is InChI=1S/C29H26N2O2/c1-19-15-17-21(18-16-19)28(33)27-25(20-9-4-2-5-10-20)26-23(13-8-14-24(26)32)31(29(27)30)22-11-6-3-7-12-22/h2-7,9-12,15-18,25,30,33H,8,13-14H2,1H3/t25-/m1/s1. The number of carbonyl (C=O) groups excluding carboxylic acids is 1. The number of anilines is 1. The molecule has 0 spiro atoms. The van der Waals surface area contributed by atoms with Crippen LogP contribution in [0.2, 0.25) is 0 Å². The molecule has 3 aromatic carbocycles. The normalized spacial score (nSPS) is 20.0. The quantitative estimate of drug-likeness (QED) is 0.459. The second-order valence-electron chi connectivity index (χ2n) is 8.63. The molecule has 2 N–H and O–H groups in total. The third kappa shape index (κ3) is 3.68. The summed E-state index contributed by atoms with van der Waals surface area (Å²) >= 11 is 0. The molecule has 164 valence electrons. The predicted molar refractivity (Wildman–Crippen MR) is 132 cm³/mol. The van der Waals surface area contributed by atoms with Crippen LogP contribution in [0.15, 0.2) is 102 Å². The summed E-state index contributed by atoms with van der Waals surface area (Å²) in [6, 6.07) is 27.1. The molecule has 33 heavy (non-hydrogen) atoms. The molecule has 1 aliphatic heterocycles. The van der Waals surface area contributed by atoms with Crippen molar-refractivity contribution < 1.29 is 9.90 Å². The van der Waals surface area contributed by atoms with Crippen molar-refractivity contribution in [1.29, 1.82) is 5.41 Å². The molecule has 4 nitrogen and oxygen atoms in total. The number of nitrogens with zero attached hydrogens (tertiary/aromatic N) is 1. The molecule has 0 aromatic heterocycles. The van der Waals surface area contributed by atoms with E-state index in [1.807, 2.05) is 96.8 Å². The maximum absolute atomic E-state index is 13.4. The lowest BCUT2D eigenvalue weighted by Gasteiger charge is -2.41. The van der Waals surface area contributed by atoms with Gasteiger partial charge in [-0.1, -0.05) is 78.4 Å². The number of para-hydroxylation sites is 1. The van der Waals surface area contributed by atoms with Crippen LogP contribution >= 0.6 is 0 Å². The Bertz CT molecular complexity index is 1270. The number of rotatable bonds is 3. The molecular formula is C29H26N2O2. The maximum atomic E-state index is 13.4. The van der Waals surface area contributed by atoms with E-state index in [0.29, 0.717) is 23.1 Å². The molecule has 0 amide bonds. The van der Waals surface area contributed by atoms with Gasteiger partial charge in [-0.2, -0.15) is 0 Å².